The highest BCUT2D eigenvalue weighted by atomic mass is 19.1. The summed E-state index contributed by atoms with van der Waals surface area (Å²) in [6, 6.07) is 13.6. The lowest BCUT2D eigenvalue weighted by molar-refractivity contribution is 0.0780. The molecule has 1 amide bonds. The number of likely N-dealkylation sites (tertiary alicyclic amines) is 2. The summed E-state index contributed by atoms with van der Waals surface area (Å²) in [6.45, 7) is 3.99. The van der Waals surface area contributed by atoms with Crippen LogP contribution in [0.4, 0.5) is 4.39 Å². The van der Waals surface area contributed by atoms with Crippen LogP contribution in [0.15, 0.2) is 48.5 Å². The van der Waals surface area contributed by atoms with Crippen LogP contribution in [-0.2, 0) is 0 Å². The van der Waals surface area contributed by atoms with Crippen LogP contribution >= 0.6 is 0 Å². The topological polar surface area (TPSA) is 32.8 Å². The van der Waals surface area contributed by atoms with Gasteiger partial charge in [0.25, 0.3) is 5.91 Å². The average Bonchev–Trinajstić information content (AvgIpc) is 3.35. The molecular formula is C21H23FN2O2. The number of carbonyl (C=O) groups is 1. The molecule has 2 aromatic carbocycles. The van der Waals surface area contributed by atoms with Crippen LogP contribution in [0.25, 0.3) is 0 Å². The van der Waals surface area contributed by atoms with Gasteiger partial charge in [-0.05, 0) is 80.9 Å². The SMILES string of the molecule is O=C(c1ccc(Oc2ccc(F)cc2)cc1)N1CC[C@H](N2CCCC2)C1. The minimum Gasteiger partial charge on any atom is -0.457 e. The molecular weight excluding hydrogens is 331 g/mol. The molecule has 0 aliphatic carbocycles. The number of hydrogen-bond donors (Lipinski definition) is 0. The molecule has 5 heteroatoms. The van der Waals surface area contributed by atoms with Crippen molar-refractivity contribution >= 4 is 5.91 Å². The molecule has 0 unspecified atom stereocenters. The highest BCUT2D eigenvalue weighted by Crippen LogP contribution is 2.24. The van der Waals surface area contributed by atoms with E-state index in [0.717, 1.165) is 19.5 Å². The standard InChI is InChI=1S/C21H23FN2O2/c22-17-5-9-20(10-6-17)26-19-7-3-16(4-8-19)21(25)24-14-11-18(15-24)23-12-1-2-13-23/h3-10,18H,1-2,11-15H2/t18-/m0/s1. The minimum atomic E-state index is -0.295. The molecule has 0 radical (unpaired) electrons. The van der Waals surface area contributed by atoms with E-state index in [2.05, 4.69) is 4.90 Å². The lowest BCUT2D eigenvalue weighted by Gasteiger charge is -2.23. The zero-order valence-corrected chi connectivity index (χ0v) is 14.7. The van der Waals surface area contributed by atoms with E-state index in [0.29, 0.717) is 23.1 Å². The Labute approximate surface area is 153 Å². The van der Waals surface area contributed by atoms with E-state index in [-0.39, 0.29) is 11.7 Å². The van der Waals surface area contributed by atoms with Gasteiger partial charge in [-0.15, -0.1) is 0 Å². The summed E-state index contributed by atoms with van der Waals surface area (Å²) < 4.78 is 18.6. The zero-order chi connectivity index (χ0) is 17.9. The molecule has 2 aromatic rings. The summed E-state index contributed by atoms with van der Waals surface area (Å²) in [7, 11) is 0. The largest absolute Gasteiger partial charge is 0.457 e. The summed E-state index contributed by atoms with van der Waals surface area (Å²) in [4.78, 5) is 17.2. The maximum absolute atomic E-state index is 12.9. The van der Waals surface area contributed by atoms with Gasteiger partial charge in [0, 0.05) is 24.7 Å². The zero-order valence-electron chi connectivity index (χ0n) is 14.7. The van der Waals surface area contributed by atoms with Crippen LogP contribution in [-0.4, -0.2) is 47.9 Å². The second-order valence-electron chi connectivity index (χ2n) is 7.02. The van der Waals surface area contributed by atoms with Crippen molar-refractivity contribution in [1.82, 2.24) is 9.80 Å². The molecule has 0 N–H and O–H groups in total. The molecule has 2 aliphatic heterocycles. The molecule has 2 fully saturated rings. The highest BCUT2D eigenvalue weighted by molar-refractivity contribution is 5.94. The monoisotopic (exact) mass is 354 g/mol. The third kappa shape index (κ3) is 3.73. The number of carbonyl (C=O) groups excluding carboxylic acids is 1. The lowest BCUT2D eigenvalue weighted by Crippen LogP contribution is -2.37. The molecule has 0 spiro atoms. The molecule has 4 rings (SSSR count). The van der Waals surface area contributed by atoms with Gasteiger partial charge in [-0.2, -0.15) is 0 Å². The Morgan fingerprint density at radius 2 is 1.54 bits per heavy atom. The number of hydrogen-bond acceptors (Lipinski definition) is 3. The number of ether oxygens (including phenoxy) is 1. The van der Waals surface area contributed by atoms with Gasteiger partial charge in [-0.3, -0.25) is 9.69 Å². The second kappa shape index (κ2) is 7.46. The van der Waals surface area contributed by atoms with Crippen molar-refractivity contribution in [2.24, 2.45) is 0 Å². The van der Waals surface area contributed by atoms with E-state index in [9.17, 15) is 9.18 Å². The van der Waals surface area contributed by atoms with Crippen LogP contribution in [0.1, 0.15) is 29.6 Å². The van der Waals surface area contributed by atoms with E-state index in [4.69, 9.17) is 4.74 Å². The Morgan fingerprint density at radius 3 is 2.19 bits per heavy atom. The smallest absolute Gasteiger partial charge is 0.253 e. The van der Waals surface area contributed by atoms with Gasteiger partial charge >= 0.3 is 0 Å². The predicted molar refractivity (Wildman–Crippen MR) is 98.0 cm³/mol. The predicted octanol–water partition coefficient (Wildman–Crippen LogP) is 3.93. The molecule has 136 valence electrons. The lowest BCUT2D eigenvalue weighted by atomic mass is 10.2. The van der Waals surface area contributed by atoms with Crippen molar-refractivity contribution < 1.29 is 13.9 Å². The van der Waals surface area contributed by atoms with Gasteiger partial charge in [0.05, 0.1) is 0 Å². The summed E-state index contributed by atoms with van der Waals surface area (Å²) in [5.41, 5.74) is 0.679. The second-order valence-corrected chi connectivity index (χ2v) is 7.02. The van der Waals surface area contributed by atoms with Gasteiger partial charge in [-0.25, -0.2) is 4.39 Å². The molecule has 4 nitrogen and oxygen atoms in total. The summed E-state index contributed by atoms with van der Waals surface area (Å²) in [5, 5.41) is 0. The van der Waals surface area contributed by atoms with Crippen LogP contribution in [0.3, 0.4) is 0 Å². The molecule has 2 saturated heterocycles. The van der Waals surface area contributed by atoms with E-state index in [1.54, 1.807) is 36.4 Å². The third-order valence-corrected chi connectivity index (χ3v) is 5.26. The highest BCUT2D eigenvalue weighted by Gasteiger charge is 2.31. The van der Waals surface area contributed by atoms with E-state index in [1.807, 2.05) is 4.90 Å². The summed E-state index contributed by atoms with van der Waals surface area (Å²) >= 11 is 0. The summed E-state index contributed by atoms with van der Waals surface area (Å²) in [5.74, 6) is 0.985. The van der Waals surface area contributed by atoms with E-state index < -0.39 is 0 Å². The van der Waals surface area contributed by atoms with Crippen molar-refractivity contribution in [2.75, 3.05) is 26.2 Å². The molecule has 0 saturated carbocycles. The van der Waals surface area contributed by atoms with Gasteiger partial charge in [0.1, 0.15) is 17.3 Å². The Bertz CT molecular complexity index is 755. The maximum Gasteiger partial charge on any atom is 0.253 e. The normalized spacial score (nSPS) is 20.5. The first kappa shape index (κ1) is 17.0. The molecule has 0 aromatic heterocycles. The average molecular weight is 354 g/mol. The molecule has 2 aliphatic rings. The Kier molecular flexibility index (Phi) is 4.89. The van der Waals surface area contributed by atoms with Crippen molar-refractivity contribution in [3.63, 3.8) is 0 Å². The van der Waals surface area contributed by atoms with Crippen molar-refractivity contribution in [3.05, 3.63) is 59.9 Å². The molecule has 1 atom stereocenters. The third-order valence-electron chi connectivity index (χ3n) is 5.26. The van der Waals surface area contributed by atoms with Gasteiger partial charge in [-0.1, -0.05) is 0 Å². The number of nitrogens with zero attached hydrogens (tertiary/aromatic N) is 2. The Hall–Kier alpha value is -2.40. The van der Waals surface area contributed by atoms with Crippen LogP contribution in [0.5, 0.6) is 11.5 Å². The Balaban J connectivity index is 1.37. The van der Waals surface area contributed by atoms with Gasteiger partial charge in [0.15, 0.2) is 0 Å². The van der Waals surface area contributed by atoms with Crippen molar-refractivity contribution in [2.45, 2.75) is 25.3 Å². The number of rotatable bonds is 4. The summed E-state index contributed by atoms with van der Waals surface area (Å²) in [6.07, 6.45) is 3.62. The van der Waals surface area contributed by atoms with E-state index >= 15 is 0 Å². The first-order valence-corrected chi connectivity index (χ1v) is 9.26. The number of halogens is 1. The molecule has 26 heavy (non-hydrogen) atoms. The van der Waals surface area contributed by atoms with Gasteiger partial charge < -0.3 is 9.64 Å². The van der Waals surface area contributed by atoms with Crippen molar-refractivity contribution in [1.29, 1.82) is 0 Å². The van der Waals surface area contributed by atoms with E-state index in [1.165, 1.54) is 38.1 Å². The fourth-order valence-electron chi connectivity index (χ4n) is 3.82. The Morgan fingerprint density at radius 1 is 0.923 bits per heavy atom. The molecule has 0 bridgehead atoms. The fourth-order valence-corrected chi connectivity index (χ4v) is 3.82. The quantitative estimate of drug-likeness (QED) is 0.834. The van der Waals surface area contributed by atoms with Crippen LogP contribution in [0, 0.1) is 5.82 Å². The van der Waals surface area contributed by atoms with Crippen LogP contribution in [0.2, 0.25) is 0 Å². The fraction of sp³-hybridized carbons (Fsp3) is 0.381. The first-order valence-electron chi connectivity index (χ1n) is 9.26. The van der Waals surface area contributed by atoms with Crippen molar-refractivity contribution in [3.8, 4) is 11.5 Å². The first-order chi connectivity index (χ1) is 12.7. The molecule has 2 heterocycles. The minimum absolute atomic E-state index is 0.0834. The van der Waals surface area contributed by atoms with Gasteiger partial charge in [0.2, 0.25) is 0 Å². The number of benzene rings is 2. The maximum atomic E-state index is 12.9. The van der Waals surface area contributed by atoms with Crippen LogP contribution < -0.4 is 4.74 Å². The number of amides is 1.